The molecule has 2 aromatic rings. The zero-order valence-electron chi connectivity index (χ0n) is 14.0. The number of hydrogen-bond donors (Lipinski definition) is 1. The minimum Gasteiger partial charge on any atom is -0.353 e. The lowest BCUT2D eigenvalue weighted by Crippen LogP contribution is -2.23. The summed E-state index contributed by atoms with van der Waals surface area (Å²) in [7, 11) is 0. The van der Waals surface area contributed by atoms with Crippen LogP contribution in [0, 0.1) is 0 Å². The number of rotatable bonds is 7. The number of nitrogens with zero attached hydrogens (tertiary/aromatic N) is 1. The topological polar surface area (TPSA) is 51.1 Å². The summed E-state index contributed by atoms with van der Waals surface area (Å²) in [5.74, 6) is -0.318. The molecule has 0 aliphatic rings. The highest BCUT2D eigenvalue weighted by Crippen LogP contribution is 2.29. The number of amides is 1. The van der Waals surface area contributed by atoms with Crippen molar-refractivity contribution in [3.63, 3.8) is 0 Å². The van der Waals surface area contributed by atoms with Gasteiger partial charge in [-0.2, -0.15) is 13.2 Å². The van der Waals surface area contributed by atoms with E-state index in [0.29, 0.717) is 25.1 Å². The second-order valence-corrected chi connectivity index (χ2v) is 5.68. The van der Waals surface area contributed by atoms with Crippen molar-refractivity contribution in [3.8, 4) is 0 Å². The molecule has 0 bridgehead atoms. The Kier molecular flexibility index (Phi) is 6.77. The monoisotopic (exact) mass is 364 g/mol. The Bertz CT molecular complexity index is 809. The molecule has 1 N–H and O–H groups in total. The largest absolute Gasteiger partial charge is 0.416 e. The fourth-order valence-corrected chi connectivity index (χ4v) is 2.28. The van der Waals surface area contributed by atoms with Crippen LogP contribution in [0.4, 0.5) is 13.2 Å². The number of nitrogens with one attached hydrogen (secondary N) is 1. The summed E-state index contributed by atoms with van der Waals surface area (Å²) in [5.41, 5.74) is -0.274. The fourth-order valence-electron chi connectivity index (χ4n) is 2.28. The Labute approximate surface area is 149 Å². The molecule has 0 unspecified atom stereocenters. The first kappa shape index (κ1) is 19.5. The summed E-state index contributed by atoms with van der Waals surface area (Å²) in [6.07, 6.45) is 1.54. The van der Waals surface area contributed by atoms with E-state index in [-0.39, 0.29) is 11.5 Å². The Morgan fingerprint density at radius 1 is 1.08 bits per heavy atom. The molecule has 0 aliphatic heterocycles. The lowest BCUT2D eigenvalue weighted by Gasteiger charge is -2.06. The molecule has 0 radical (unpaired) electrons. The van der Waals surface area contributed by atoms with Gasteiger partial charge in [0.05, 0.1) is 5.56 Å². The summed E-state index contributed by atoms with van der Waals surface area (Å²) in [6.45, 7) is 1.04. The fraction of sp³-hybridized carbons (Fsp3) is 0.263. The number of aryl methyl sites for hydroxylation is 1. The molecule has 0 saturated carbocycles. The molecule has 1 heterocycles. The summed E-state index contributed by atoms with van der Waals surface area (Å²) in [5, 5.41) is 2.70. The zero-order chi connectivity index (χ0) is 19.0. The molecule has 26 heavy (non-hydrogen) atoms. The van der Waals surface area contributed by atoms with Gasteiger partial charge in [-0.15, -0.1) is 0 Å². The summed E-state index contributed by atoms with van der Waals surface area (Å²) < 4.78 is 39.0. The first-order valence-corrected chi connectivity index (χ1v) is 8.15. The number of benzene rings is 1. The van der Waals surface area contributed by atoms with Gasteiger partial charge in [0.25, 0.3) is 0 Å². The van der Waals surface area contributed by atoms with E-state index in [1.165, 1.54) is 30.4 Å². The third kappa shape index (κ3) is 6.23. The maximum absolute atomic E-state index is 12.5. The van der Waals surface area contributed by atoms with Crippen LogP contribution in [0.2, 0.25) is 0 Å². The second kappa shape index (κ2) is 9.03. The van der Waals surface area contributed by atoms with Gasteiger partial charge in [-0.3, -0.25) is 9.59 Å². The quantitative estimate of drug-likeness (QED) is 0.604. The highest BCUT2D eigenvalue weighted by Gasteiger charge is 2.29. The Morgan fingerprint density at radius 3 is 2.46 bits per heavy atom. The van der Waals surface area contributed by atoms with Gasteiger partial charge in [0, 0.05) is 31.4 Å². The molecule has 0 spiro atoms. The normalized spacial score (nSPS) is 11.7. The van der Waals surface area contributed by atoms with Crippen LogP contribution < -0.4 is 10.9 Å². The third-order valence-corrected chi connectivity index (χ3v) is 3.69. The number of alkyl halides is 3. The number of carbonyl (C=O) groups excluding carboxylic acids is 1. The number of unbranched alkanes of at least 4 members (excludes halogenated alkanes) is 1. The van der Waals surface area contributed by atoms with Crippen molar-refractivity contribution >= 4 is 12.0 Å². The number of pyridine rings is 1. The number of halogens is 3. The maximum Gasteiger partial charge on any atom is 0.416 e. The highest BCUT2D eigenvalue weighted by molar-refractivity contribution is 5.91. The molecule has 1 amide bonds. The molecule has 1 aromatic carbocycles. The Morgan fingerprint density at radius 2 is 1.81 bits per heavy atom. The van der Waals surface area contributed by atoms with Gasteiger partial charge < -0.3 is 9.88 Å². The van der Waals surface area contributed by atoms with Gasteiger partial charge in [-0.1, -0.05) is 18.2 Å². The lowest BCUT2D eigenvalue weighted by atomic mass is 10.1. The van der Waals surface area contributed by atoms with Crippen molar-refractivity contribution < 1.29 is 18.0 Å². The minimum absolute atomic E-state index is 0.0592. The average Bonchev–Trinajstić information content (AvgIpc) is 2.61. The van der Waals surface area contributed by atoms with E-state index in [9.17, 15) is 22.8 Å². The van der Waals surface area contributed by atoms with E-state index in [2.05, 4.69) is 5.32 Å². The lowest BCUT2D eigenvalue weighted by molar-refractivity contribution is -0.137. The Hall–Kier alpha value is -2.83. The summed E-state index contributed by atoms with van der Waals surface area (Å²) >= 11 is 0. The molecule has 0 fully saturated rings. The molecule has 0 saturated heterocycles. The average molecular weight is 364 g/mol. The summed E-state index contributed by atoms with van der Waals surface area (Å²) in [4.78, 5) is 23.2. The van der Waals surface area contributed by atoms with Crippen LogP contribution in [-0.2, 0) is 17.5 Å². The van der Waals surface area contributed by atoms with Crippen LogP contribution in [0.1, 0.15) is 24.0 Å². The van der Waals surface area contributed by atoms with Gasteiger partial charge in [0.1, 0.15) is 0 Å². The number of hydrogen-bond acceptors (Lipinski definition) is 2. The van der Waals surface area contributed by atoms with Crippen LogP contribution in [0.3, 0.4) is 0 Å². The van der Waals surface area contributed by atoms with E-state index in [1.54, 1.807) is 22.9 Å². The predicted molar refractivity (Wildman–Crippen MR) is 93.4 cm³/mol. The molecule has 138 valence electrons. The van der Waals surface area contributed by atoms with Crippen molar-refractivity contribution in [1.82, 2.24) is 9.88 Å². The van der Waals surface area contributed by atoms with Gasteiger partial charge in [0.15, 0.2) is 0 Å². The van der Waals surface area contributed by atoms with Crippen molar-refractivity contribution in [2.75, 3.05) is 6.54 Å². The SMILES string of the molecule is O=C(C=Cc1ccc(C(F)(F)F)cc1)NCCCCn1ccccc1=O. The van der Waals surface area contributed by atoms with E-state index in [1.807, 2.05) is 0 Å². The smallest absolute Gasteiger partial charge is 0.353 e. The van der Waals surface area contributed by atoms with Crippen LogP contribution >= 0.6 is 0 Å². The second-order valence-electron chi connectivity index (χ2n) is 5.68. The van der Waals surface area contributed by atoms with Crippen molar-refractivity contribution in [3.05, 3.63) is 76.2 Å². The van der Waals surface area contributed by atoms with Gasteiger partial charge in [0.2, 0.25) is 11.5 Å². The van der Waals surface area contributed by atoms with Crippen LogP contribution in [-0.4, -0.2) is 17.0 Å². The van der Waals surface area contributed by atoms with Crippen LogP contribution in [0.5, 0.6) is 0 Å². The van der Waals surface area contributed by atoms with E-state index >= 15 is 0 Å². The van der Waals surface area contributed by atoms with Gasteiger partial charge in [-0.25, -0.2) is 0 Å². The molecule has 2 rings (SSSR count). The molecular formula is C19H19F3N2O2. The van der Waals surface area contributed by atoms with E-state index in [0.717, 1.165) is 18.6 Å². The van der Waals surface area contributed by atoms with Crippen molar-refractivity contribution in [2.45, 2.75) is 25.6 Å². The van der Waals surface area contributed by atoms with Gasteiger partial charge >= 0.3 is 6.18 Å². The van der Waals surface area contributed by atoms with Crippen LogP contribution in [0.25, 0.3) is 6.08 Å². The molecular weight excluding hydrogens is 345 g/mol. The molecule has 0 atom stereocenters. The number of aromatic nitrogens is 1. The predicted octanol–water partition coefficient (Wildman–Crippen LogP) is 3.48. The summed E-state index contributed by atoms with van der Waals surface area (Å²) in [6, 6.07) is 9.53. The minimum atomic E-state index is -4.37. The van der Waals surface area contributed by atoms with Crippen molar-refractivity contribution in [2.24, 2.45) is 0 Å². The maximum atomic E-state index is 12.5. The van der Waals surface area contributed by atoms with Crippen LogP contribution in [0.15, 0.2) is 59.5 Å². The Balaban J connectivity index is 1.71. The first-order chi connectivity index (χ1) is 12.4. The molecule has 1 aromatic heterocycles. The van der Waals surface area contributed by atoms with Crippen molar-refractivity contribution in [1.29, 1.82) is 0 Å². The standard InChI is InChI=1S/C19H19F3N2O2/c20-19(21,22)16-9-6-15(7-10-16)8-11-17(25)23-12-2-4-14-24-13-3-1-5-18(24)26/h1,3,5-11,13H,2,4,12,14H2,(H,23,25). The third-order valence-electron chi connectivity index (χ3n) is 3.69. The number of carbonyl (C=O) groups is 1. The molecule has 7 heteroatoms. The zero-order valence-corrected chi connectivity index (χ0v) is 14.0. The molecule has 0 aliphatic carbocycles. The molecule has 4 nitrogen and oxygen atoms in total. The van der Waals surface area contributed by atoms with Gasteiger partial charge in [-0.05, 0) is 42.7 Å². The first-order valence-electron chi connectivity index (χ1n) is 8.15. The van der Waals surface area contributed by atoms with E-state index in [4.69, 9.17) is 0 Å². The highest BCUT2D eigenvalue weighted by atomic mass is 19.4. The van der Waals surface area contributed by atoms with E-state index < -0.39 is 11.7 Å².